The number of benzene rings is 2. The number of methoxy groups -OCH3 is 1. The molecule has 1 atom stereocenters. The molecule has 2 aliphatic rings. The Labute approximate surface area is 184 Å². The Morgan fingerprint density at radius 3 is 2.55 bits per heavy atom. The molecule has 2 saturated heterocycles. The molecule has 1 unspecified atom stereocenters. The summed E-state index contributed by atoms with van der Waals surface area (Å²) in [5.74, 6) is 1.22. The van der Waals surface area contributed by atoms with Crippen molar-refractivity contribution < 1.29 is 9.53 Å². The summed E-state index contributed by atoms with van der Waals surface area (Å²) in [6.45, 7) is 7.03. The number of ether oxygens (including phenoxy) is 1. The highest BCUT2D eigenvalue weighted by Gasteiger charge is 2.61. The Morgan fingerprint density at radius 2 is 1.87 bits per heavy atom. The first kappa shape index (κ1) is 20.1. The Balaban J connectivity index is 1.34. The fraction of sp³-hybridized carbons (Fsp3) is 0.423. The van der Waals surface area contributed by atoms with Crippen LogP contribution in [-0.2, 0) is 11.3 Å². The molecule has 31 heavy (non-hydrogen) atoms. The van der Waals surface area contributed by atoms with Crippen LogP contribution >= 0.6 is 0 Å². The number of hydrogen-bond acceptors (Lipinski definition) is 3. The second kappa shape index (κ2) is 7.72. The summed E-state index contributed by atoms with van der Waals surface area (Å²) in [6, 6.07) is 17.2. The highest BCUT2D eigenvalue weighted by molar-refractivity contribution is 5.91. The number of hydrogen-bond donors (Lipinski definition) is 1. The van der Waals surface area contributed by atoms with Crippen molar-refractivity contribution in [2.75, 3.05) is 20.2 Å². The fourth-order valence-corrected chi connectivity index (χ4v) is 5.59. The van der Waals surface area contributed by atoms with Crippen molar-refractivity contribution >= 4 is 16.8 Å². The van der Waals surface area contributed by atoms with Crippen molar-refractivity contribution in [2.24, 2.45) is 5.41 Å². The predicted octanol–water partition coefficient (Wildman–Crippen LogP) is 4.75. The van der Waals surface area contributed by atoms with Gasteiger partial charge in [0.05, 0.1) is 18.6 Å². The van der Waals surface area contributed by atoms with Gasteiger partial charge in [-0.3, -0.25) is 9.69 Å². The van der Waals surface area contributed by atoms with Gasteiger partial charge in [-0.25, -0.2) is 0 Å². The average molecular weight is 418 g/mol. The highest BCUT2D eigenvalue weighted by Crippen LogP contribution is 2.56. The Hall–Kier alpha value is -2.79. The van der Waals surface area contributed by atoms with E-state index in [0.717, 1.165) is 43.7 Å². The molecular formula is C26H31N3O2. The van der Waals surface area contributed by atoms with Crippen LogP contribution in [0.3, 0.4) is 0 Å². The Kier molecular flexibility index (Phi) is 5.01. The van der Waals surface area contributed by atoms with Gasteiger partial charge in [0.15, 0.2) is 0 Å². The molecule has 5 heteroatoms. The molecule has 5 rings (SSSR count). The van der Waals surface area contributed by atoms with Crippen molar-refractivity contribution in [2.45, 2.75) is 45.3 Å². The number of aromatic nitrogens is 1. The molecule has 1 N–H and O–H groups in total. The van der Waals surface area contributed by atoms with E-state index >= 15 is 0 Å². The number of fused-ring (bicyclic) bond motifs is 1. The SMILES string of the molecule is COc1ccc2[nH]cc(CN3CCC4(CC3)C(=O)N(C(C)C)C4c3ccccc3)c2c1. The minimum absolute atomic E-state index is 0.195. The molecule has 0 radical (unpaired) electrons. The maximum absolute atomic E-state index is 13.3. The molecule has 0 saturated carbocycles. The van der Waals surface area contributed by atoms with Crippen LogP contribution in [0.2, 0.25) is 0 Å². The number of nitrogens with zero attached hydrogens (tertiary/aromatic N) is 2. The van der Waals surface area contributed by atoms with E-state index in [0.29, 0.717) is 5.91 Å². The van der Waals surface area contributed by atoms with Crippen molar-refractivity contribution in [3.8, 4) is 5.75 Å². The molecule has 3 heterocycles. The minimum atomic E-state index is -0.244. The standard InChI is InChI=1S/C26H31N3O2/c1-18(2)29-24(19-7-5-4-6-8-19)26(25(29)30)11-13-28(14-12-26)17-20-16-27-23-10-9-21(31-3)15-22(20)23/h4-10,15-16,18,24,27H,11-14,17H2,1-3H3. The number of piperidine rings is 1. The lowest BCUT2D eigenvalue weighted by molar-refractivity contribution is -0.185. The molecule has 2 aliphatic heterocycles. The summed E-state index contributed by atoms with van der Waals surface area (Å²) in [5.41, 5.74) is 3.45. The van der Waals surface area contributed by atoms with E-state index in [1.54, 1.807) is 7.11 Å². The van der Waals surface area contributed by atoms with Crippen LogP contribution in [0.4, 0.5) is 0 Å². The first-order valence-electron chi connectivity index (χ1n) is 11.3. The third-order valence-electron chi connectivity index (χ3n) is 7.25. The third kappa shape index (κ3) is 3.23. The maximum Gasteiger partial charge on any atom is 0.232 e. The summed E-state index contributed by atoms with van der Waals surface area (Å²) in [5, 5.41) is 1.22. The van der Waals surface area contributed by atoms with E-state index in [1.807, 2.05) is 6.07 Å². The summed E-state index contributed by atoms with van der Waals surface area (Å²) < 4.78 is 5.41. The quantitative estimate of drug-likeness (QED) is 0.610. The molecule has 1 aromatic heterocycles. The van der Waals surface area contributed by atoms with Crippen molar-refractivity contribution in [1.82, 2.24) is 14.8 Å². The zero-order chi connectivity index (χ0) is 21.6. The van der Waals surface area contributed by atoms with E-state index < -0.39 is 0 Å². The normalized spacial score (nSPS) is 21.1. The monoisotopic (exact) mass is 417 g/mol. The van der Waals surface area contributed by atoms with Gasteiger partial charge in [0.2, 0.25) is 5.91 Å². The van der Waals surface area contributed by atoms with Crippen LogP contribution in [0, 0.1) is 5.41 Å². The molecule has 2 fully saturated rings. The van der Waals surface area contributed by atoms with Crippen LogP contribution in [0.5, 0.6) is 5.75 Å². The van der Waals surface area contributed by atoms with Crippen LogP contribution in [0.25, 0.3) is 10.9 Å². The lowest BCUT2D eigenvalue weighted by Gasteiger charge is -2.60. The first-order valence-corrected chi connectivity index (χ1v) is 11.3. The molecule has 0 bridgehead atoms. The molecule has 1 spiro atoms. The lowest BCUT2D eigenvalue weighted by Crippen LogP contribution is -2.67. The van der Waals surface area contributed by atoms with E-state index in [4.69, 9.17) is 4.74 Å². The smallest absolute Gasteiger partial charge is 0.232 e. The van der Waals surface area contributed by atoms with Gasteiger partial charge in [-0.2, -0.15) is 0 Å². The van der Waals surface area contributed by atoms with Gasteiger partial charge in [0.1, 0.15) is 5.75 Å². The van der Waals surface area contributed by atoms with Crippen molar-refractivity contribution in [1.29, 1.82) is 0 Å². The zero-order valence-corrected chi connectivity index (χ0v) is 18.6. The summed E-state index contributed by atoms with van der Waals surface area (Å²) in [6.07, 6.45) is 3.94. The van der Waals surface area contributed by atoms with Crippen LogP contribution in [0.15, 0.2) is 54.7 Å². The van der Waals surface area contributed by atoms with Crippen LogP contribution < -0.4 is 4.74 Å². The van der Waals surface area contributed by atoms with Gasteiger partial charge in [-0.05, 0) is 69.1 Å². The van der Waals surface area contributed by atoms with E-state index in [2.05, 4.69) is 77.3 Å². The summed E-state index contributed by atoms with van der Waals surface area (Å²) in [4.78, 5) is 21.3. The van der Waals surface area contributed by atoms with Crippen molar-refractivity contribution in [3.63, 3.8) is 0 Å². The Morgan fingerprint density at radius 1 is 1.13 bits per heavy atom. The number of carbonyl (C=O) groups is 1. The van der Waals surface area contributed by atoms with Gasteiger partial charge in [0, 0.05) is 29.7 Å². The molecule has 5 nitrogen and oxygen atoms in total. The second-order valence-electron chi connectivity index (χ2n) is 9.28. The number of carbonyl (C=O) groups excluding carboxylic acids is 1. The van der Waals surface area contributed by atoms with E-state index in [-0.39, 0.29) is 17.5 Å². The zero-order valence-electron chi connectivity index (χ0n) is 18.6. The number of rotatable bonds is 5. The number of β-lactam (4-membered cyclic amide) rings is 1. The number of amides is 1. The fourth-order valence-electron chi connectivity index (χ4n) is 5.59. The number of H-pyrrole nitrogens is 1. The highest BCUT2D eigenvalue weighted by atomic mass is 16.5. The topological polar surface area (TPSA) is 48.6 Å². The molecule has 2 aromatic carbocycles. The van der Waals surface area contributed by atoms with Crippen LogP contribution in [0.1, 0.15) is 43.9 Å². The van der Waals surface area contributed by atoms with Gasteiger partial charge in [0.25, 0.3) is 0 Å². The average Bonchev–Trinajstić information content (AvgIpc) is 3.19. The third-order valence-corrected chi connectivity index (χ3v) is 7.25. The number of nitrogens with one attached hydrogen (secondary N) is 1. The molecule has 0 aliphatic carbocycles. The predicted molar refractivity (Wildman–Crippen MR) is 123 cm³/mol. The van der Waals surface area contributed by atoms with Crippen LogP contribution in [-0.4, -0.2) is 46.9 Å². The number of aromatic amines is 1. The second-order valence-corrected chi connectivity index (χ2v) is 9.28. The van der Waals surface area contributed by atoms with Gasteiger partial charge in [-0.1, -0.05) is 30.3 Å². The molecule has 3 aromatic rings. The molecular weight excluding hydrogens is 386 g/mol. The number of likely N-dealkylation sites (tertiary alicyclic amines) is 2. The van der Waals surface area contributed by atoms with Gasteiger partial charge >= 0.3 is 0 Å². The maximum atomic E-state index is 13.3. The first-order chi connectivity index (χ1) is 15.0. The van der Waals surface area contributed by atoms with Gasteiger partial charge in [-0.15, -0.1) is 0 Å². The molecule has 162 valence electrons. The van der Waals surface area contributed by atoms with Gasteiger partial charge < -0.3 is 14.6 Å². The molecule has 1 amide bonds. The van der Waals surface area contributed by atoms with Crippen molar-refractivity contribution in [3.05, 3.63) is 65.9 Å². The summed E-state index contributed by atoms with van der Waals surface area (Å²) in [7, 11) is 1.71. The van der Waals surface area contributed by atoms with E-state index in [1.165, 1.54) is 16.5 Å². The van der Waals surface area contributed by atoms with E-state index in [9.17, 15) is 4.79 Å². The minimum Gasteiger partial charge on any atom is -0.497 e. The largest absolute Gasteiger partial charge is 0.497 e. The summed E-state index contributed by atoms with van der Waals surface area (Å²) >= 11 is 0. The lowest BCUT2D eigenvalue weighted by atomic mass is 9.61. The Bertz CT molecular complexity index is 1080.